The van der Waals surface area contributed by atoms with Crippen molar-refractivity contribution in [3.63, 3.8) is 0 Å². The first kappa shape index (κ1) is 18.5. The Morgan fingerprint density at radius 2 is 1.89 bits per heavy atom. The number of nitrogens with zero attached hydrogens (tertiary/aromatic N) is 3. The molecular weight excluding hydrogens is 405 g/mol. The van der Waals surface area contributed by atoms with E-state index in [4.69, 9.17) is 27.9 Å². The van der Waals surface area contributed by atoms with Crippen LogP contribution in [0, 0.1) is 0 Å². The van der Waals surface area contributed by atoms with E-state index in [1.165, 1.54) is 13.3 Å². The molecule has 8 heteroatoms. The molecule has 1 saturated heterocycles. The lowest BCUT2D eigenvalue weighted by molar-refractivity contribution is -0.109. The number of aromatic nitrogens is 3. The van der Waals surface area contributed by atoms with Crippen molar-refractivity contribution in [3.05, 3.63) is 76.0 Å². The van der Waals surface area contributed by atoms with E-state index in [0.717, 1.165) is 22.9 Å². The van der Waals surface area contributed by atoms with Crippen LogP contribution in [-0.2, 0) is 21.7 Å². The number of hydrogen-bond donors (Lipinski definition) is 0. The number of epoxide rings is 1. The highest BCUT2D eigenvalue weighted by atomic mass is 35.5. The van der Waals surface area contributed by atoms with Crippen molar-refractivity contribution in [2.75, 3.05) is 0 Å². The Balaban J connectivity index is 1.76. The van der Waals surface area contributed by atoms with Gasteiger partial charge in [-0.05, 0) is 23.9 Å². The van der Waals surface area contributed by atoms with E-state index in [1.807, 2.05) is 48.5 Å². The molecule has 0 saturated carbocycles. The lowest BCUT2D eigenvalue weighted by Gasteiger charge is -2.16. The maximum atomic E-state index is 11.5. The summed E-state index contributed by atoms with van der Waals surface area (Å²) in [6, 6.07) is 15.1. The van der Waals surface area contributed by atoms with Gasteiger partial charge in [0.25, 0.3) is 0 Å². The molecule has 0 spiro atoms. The van der Waals surface area contributed by atoms with Crippen LogP contribution in [-0.4, -0.2) is 19.9 Å². The van der Waals surface area contributed by atoms with E-state index >= 15 is 0 Å². The molecule has 0 aliphatic carbocycles. The molecule has 1 fully saturated rings. The largest absolute Gasteiger partial charge is 0.354 e. The average molecular weight is 420 g/mol. The van der Waals surface area contributed by atoms with Gasteiger partial charge >= 0.3 is 0 Å². The van der Waals surface area contributed by atoms with Crippen molar-refractivity contribution in [1.29, 1.82) is 0 Å². The molecule has 1 aliphatic heterocycles. The summed E-state index contributed by atoms with van der Waals surface area (Å²) in [5.41, 5.74) is 1.01. The second-order valence-electron chi connectivity index (χ2n) is 6.18. The maximum absolute atomic E-state index is 11.5. The fraction of sp³-hybridized carbons (Fsp3) is 0.211. The van der Waals surface area contributed by atoms with Crippen molar-refractivity contribution in [2.45, 2.75) is 30.3 Å². The molecule has 0 amide bonds. The van der Waals surface area contributed by atoms with Crippen molar-refractivity contribution in [1.82, 2.24) is 14.8 Å². The van der Waals surface area contributed by atoms with Crippen LogP contribution in [0.5, 0.6) is 0 Å². The smallest absolute Gasteiger partial charge is 0.193 e. The van der Waals surface area contributed by atoms with E-state index in [2.05, 4.69) is 10.1 Å². The molecule has 27 heavy (non-hydrogen) atoms. The van der Waals surface area contributed by atoms with E-state index in [1.54, 1.807) is 4.68 Å². The lowest BCUT2D eigenvalue weighted by atomic mass is 9.91. The molecule has 3 aromatic rings. The number of carbonyl (C=O) groups excluding carboxylic acids is 1. The van der Waals surface area contributed by atoms with E-state index < -0.39 is 5.60 Å². The summed E-state index contributed by atoms with van der Waals surface area (Å²) in [6.07, 6.45) is 1.16. The van der Waals surface area contributed by atoms with Gasteiger partial charge in [0.15, 0.2) is 10.3 Å². The van der Waals surface area contributed by atoms with Gasteiger partial charge in [0.1, 0.15) is 18.0 Å². The number of rotatable bonds is 5. The predicted molar refractivity (Wildman–Crippen MR) is 105 cm³/mol. The molecule has 0 bridgehead atoms. The van der Waals surface area contributed by atoms with Crippen molar-refractivity contribution >= 4 is 40.1 Å². The summed E-state index contributed by atoms with van der Waals surface area (Å²) < 4.78 is 7.89. The molecule has 0 unspecified atom stereocenters. The molecular formula is C19H15Cl2N3O2S. The first-order valence-electron chi connectivity index (χ1n) is 8.25. The Hall–Kier alpha value is -1.86. The van der Waals surface area contributed by atoms with Crippen LogP contribution < -0.4 is 0 Å². The lowest BCUT2D eigenvalue weighted by Crippen LogP contribution is -2.21. The molecule has 5 nitrogen and oxygen atoms in total. The molecule has 2 atom stereocenters. The van der Waals surface area contributed by atoms with Crippen LogP contribution in [0.1, 0.15) is 24.2 Å². The number of ether oxygens (including phenoxy) is 1. The van der Waals surface area contributed by atoms with Crippen molar-refractivity contribution in [3.8, 4) is 0 Å². The highest BCUT2D eigenvalue weighted by Crippen LogP contribution is 2.60. The molecule has 1 aliphatic rings. The third kappa shape index (κ3) is 3.50. The summed E-state index contributed by atoms with van der Waals surface area (Å²) in [4.78, 5) is 15.7. The van der Waals surface area contributed by atoms with Gasteiger partial charge in [-0.1, -0.05) is 59.6 Å². The van der Waals surface area contributed by atoms with Crippen LogP contribution in [0.4, 0.5) is 0 Å². The average Bonchev–Trinajstić information content (AvgIpc) is 3.19. The van der Waals surface area contributed by atoms with Crippen molar-refractivity contribution in [2.24, 2.45) is 0 Å². The van der Waals surface area contributed by atoms with Gasteiger partial charge in [0, 0.05) is 28.1 Å². The Labute approximate surface area is 170 Å². The van der Waals surface area contributed by atoms with Gasteiger partial charge in [0.2, 0.25) is 0 Å². The second kappa shape index (κ2) is 7.28. The minimum Gasteiger partial charge on any atom is -0.354 e. The van der Waals surface area contributed by atoms with Gasteiger partial charge < -0.3 is 4.74 Å². The number of thioether (sulfide) groups is 1. The SMILES string of the molecule is CC(=O)Sc1ncnn1C[C@@]1(c2ccccc2Cl)O[C@H]1c1ccccc1Cl. The number of carbonyl (C=O) groups is 1. The predicted octanol–water partition coefficient (Wildman–Crippen LogP) is 4.89. The number of benzene rings is 2. The first-order valence-corrected chi connectivity index (χ1v) is 9.82. The van der Waals surface area contributed by atoms with Gasteiger partial charge in [-0.3, -0.25) is 4.79 Å². The van der Waals surface area contributed by atoms with Gasteiger partial charge in [-0.25, -0.2) is 9.67 Å². The first-order chi connectivity index (χ1) is 13.0. The van der Waals surface area contributed by atoms with E-state index in [9.17, 15) is 4.79 Å². The highest BCUT2D eigenvalue weighted by molar-refractivity contribution is 8.13. The van der Waals surface area contributed by atoms with Gasteiger partial charge in [-0.15, -0.1) is 0 Å². The number of halogens is 2. The second-order valence-corrected chi connectivity index (χ2v) is 8.14. The van der Waals surface area contributed by atoms with E-state index in [0.29, 0.717) is 21.7 Å². The Kier molecular flexibility index (Phi) is 4.99. The summed E-state index contributed by atoms with van der Waals surface area (Å²) in [7, 11) is 0. The normalized spacial score (nSPS) is 21.2. The molecule has 0 radical (unpaired) electrons. The minimum atomic E-state index is -0.733. The Morgan fingerprint density at radius 1 is 1.19 bits per heavy atom. The van der Waals surface area contributed by atoms with Gasteiger partial charge in [0.05, 0.1) is 6.54 Å². The zero-order chi connectivity index (χ0) is 19.0. The van der Waals surface area contributed by atoms with Crippen LogP contribution in [0.15, 0.2) is 60.0 Å². The maximum Gasteiger partial charge on any atom is 0.193 e. The summed E-state index contributed by atoms with van der Waals surface area (Å²) in [5, 5.41) is 5.97. The zero-order valence-electron chi connectivity index (χ0n) is 14.3. The molecule has 1 aromatic heterocycles. The topological polar surface area (TPSA) is 60.3 Å². The van der Waals surface area contributed by atoms with Crippen molar-refractivity contribution < 1.29 is 9.53 Å². The van der Waals surface area contributed by atoms with E-state index in [-0.39, 0.29) is 11.2 Å². The summed E-state index contributed by atoms with van der Waals surface area (Å²) in [6.45, 7) is 1.86. The molecule has 138 valence electrons. The molecule has 0 N–H and O–H groups in total. The highest BCUT2D eigenvalue weighted by Gasteiger charge is 2.60. The van der Waals surface area contributed by atoms with Crippen LogP contribution >= 0.6 is 35.0 Å². The fourth-order valence-corrected chi connectivity index (χ4v) is 4.29. The van der Waals surface area contributed by atoms with Crippen LogP contribution in [0.3, 0.4) is 0 Å². The molecule has 4 rings (SSSR count). The third-order valence-corrected chi connectivity index (χ3v) is 5.87. The monoisotopic (exact) mass is 419 g/mol. The molecule has 2 aromatic carbocycles. The minimum absolute atomic E-state index is 0.0598. The number of hydrogen-bond acceptors (Lipinski definition) is 5. The van der Waals surface area contributed by atoms with Gasteiger partial charge in [-0.2, -0.15) is 5.10 Å². The standard InChI is InChI=1S/C19H15Cl2N3O2S/c1-12(25)27-18-22-11-23-24(18)10-19(14-7-3-5-9-16(14)21)17(26-19)13-6-2-4-8-15(13)20/h2-9,11,17H,10H2,1H3/t17-,19-/m0/s1. The third-order valence-electron chi connectivity index (χ3n) is 4.41. The van der Waals surface area contributed by atoms with Crippen LogP contribution in [0.25, 0.3) is 0 Å². The summed E-state index contributed by atoms with van der Waals surface area (Å²) in [5.74, 6) is 0. The fourth-order valence-electron chi connectivity index (χ4n) is 3.19. The Morgan fingerprint density at radius 3 is 2.59 bits per heavy atom. The van der Waals surface area contributed by atoms with Crippen LogP contribution in [0.2, 0.25) is 10.0 Å². The zero-order valence-corrected chi connectivity index (χ0v) is 16.6. The molecule has 2 heterocycles. The quantitative estimate of drug-likeness (QED) is 0.435. The Bertz CT molecular complexity index is 1010. The summed E-state index contributed by atoms with van der Waals surface area (Å²) >= 11 is 13.9.